The number of aliphatic hydroxyl groups excluding tert-OH is 1. The lowest BCUT2D eigenvalue weighted by atomic mass is 9.99. The second kappa shape index (κ2) is 11.0. The van der Waals surface area contributed by atoms with Crippen molar-refractivity contribution in [3.8, 4) is 0 Å². The van der Waals surface area contributed by atoms with E-state index in [1.54, 1.807) is 0 Å². The molecule has 0 aliphatic carbocycles. The van der Waals surface area contributed by atoms with Crippen molar-refractivity contribution in [2.45, 2.75) is 46.0 Å². The van der Waals surface area contributed by atoms with E-state index in [4.69, 9.17) is 5.11 Å². The van der Waals surface area contributed by atoms with Gasteiger partial charge in [0.05, 0.1) is 0 Å². The van der Waals surface area contributed by atoms with Crippen molar-refractivity contribution < 1.29 is 14.7 Å². The molecular weight excluding hydrogens is 232 g/mol. The molecule has 0 rings (SSSR count). The van der Waals surface area contributed by atoms with Crippen molar-refractivity contribution in [1.29, 1.82) is 0 Å². The normalized spacial score (nSPS) is 11.9. The number of carbonyl (C=O) groups excluding carboxylic acids is 2. The Labute approximate surface area is 109 Å². The third-order valence-corrected chi connectivity index (χ3v) is 2.92. The van der Waals surface area contributed by atoms with E-state index in [1.165, 1.54) is 0 Å². The lowest BCUT2D eigenvalue weighted by Gasteiger charge is -2.14. The van der Waals surface area contributed by atoms with Gasteiger partial charge in [-0.3, -0.25) is 9.59 Å². The number of amides is 2. The zero-order chi connectivity index (χ0) is 13.8. The summed E-state index contributed by atoms with van der Waals surface area (Å²) in [4.78, 5) is 22.8. The highest BCUT2D eigenvalue weighted by Gasteiger charge is 2.14. The Morgan fingerprint density at radius 1 is 1.11 bits per heavy atom. The smallest absolute Gasteiger partial charge is 0.309 e. The maximum atomic E-state index is 11.4. The molecule has 0 aromatic heterocycles. The number of aliphatic hydroxyl groups is 1. The highest BCUT2D eigenvalue weighted by Crippen LogP contribution is 2.10. The highest BCUT2D eigenvalue weighted by atomic mass is 16.3. The molecule has 0 aromatic carbocycles. The summed E-state index contributed by atoms with van der Waals surface area (Å²) in [7, 11) is 0. The summed E-state index contributed by atoms with van der Waals surface area (Å²) in [5.74, 6) is -0.754. The van der Waals surface area contributed by atoms with Gasteiger partial charge in [-0.15, -0.1) is 0 Å². The first-order chi connectivity index (χ1) is 8.65. The standard InChI is InChI=1S/C13H26N2O3/c1-3-5-7-11(4-2)10-15-13(18)12(17)14-8-6-9-16/h11,16H,3-10H2,1-2H3,(H,14,17)(H,15,18). The third kappa shape index (κ3) is 8.06. The molecule has 0 radical (unpaired) electrons. The van der Waals surface area contributed by atoms with Crippen LogP contribution >= 0.6 is 0 Å². The molecule has 0 saturated carbocycles. The second-order valence-electron chi connectivity index (χ2n) is 4.46. The van der Waals surface area contributed by atoms with Crippen LogP contribution in [0, 0.1) is 5.92 Å². The lowest BCUT2D eigenvalue weighted by Crippen LogP contribution is -2.42. The van der Waals surface area contributed by atoms with E-state index in [-0.39, 0.29) is 6.61 Å². The van der Waals surface area contributed by atoms with Crippen molar-refractivity contribution in [2.75, 3.05) is 19.7 Å². The Balaban J connectivity index is 3.81. The van der Waals surface area contributed by atoms with Gasteiger partial charge >= 0.3 is 11.8 Å². The lowest BCUT2D eigenvalue weighted by molar-refractivity contribution is -0.139. The van der Waals surface area contributed by atoms with E-state index in [0.29, 0.717) is 25.4 Å². The zero-order valence-electron chi connectivity index (χ0n) is 11.5. The number of hydrogen-bond donors (Lipinski definition) is 3. The molecule has 0 aliphatic rings. The zero-order valence-corrected chi connectivity index (χ0v) is 11.5. The van der Waals surface area contributed by atoms with Gasteiger partial charge in [0.15, 0.2) is 0 Å². The molecule has 18 heavy (non-hydrogen) atoms. The summed E-state index contributed by atoms with van der Waals surface area (Å²) in [5.41, 5.74) is 0. The summed E-state index contributed by atoms with van der Waals surface area (Å²) >= 11 is 0. The van der Waals surface area contributed by atoms with Crippen molar-refractivity contribution in [1.82, 2.24) is 10.6 Å². The van der Waals surface area contributed by atoms with E-state index in [2.05, 4.69) is 24.5 Å². The van der Waals surface area contributed by atoms with Gasteiger partial charge in [0.1, 0.15) is 0 Å². The molecule has 0 heterocycles. The Kier molecular flexibility index (Phi) is 10.3. The quantitative estimate of drug-likeness (QED) is 0.423. The number of nitrogens with one attached hydrogen (secondary N) is 2. The van der Waals surface area contributed by atoms with Crippen molar-refractivity contribution in [3.05, 3.63) is 0 Å². The van der Waals surface area contributed by atoms with Crippen molar-refractivity contribution >= 4 is 11.8 Å². The van der Waals surface area contributed by atoms with E-state index in [9.17, 15) is 9.59 Å². The summed E-state index contributed by atoms with van der Waals surface area (Å²) in [5, 5.41) is 13.7. The Morgan fingerprint density at radius 2 is 1.78 bits per heavy atom. The molecule has 0 saturated heterocycles. The molecule has 1 unspecified atom stereocenters. The summed E-state index contributed by atoms with van der Waals surface area (Å²) in [6, 6.07) is 0. The number of carbonyl (C=O) groups is 2. The minimum Gasteiger partial charge on any atom is -0.396 e. The molecule has 5 nitrogen and oxygen atoms in total. The molecule has 1 atom stereocenters. The first kappa shape index (κ1) is 16.9. The largest absolute Gasteiger partial charge is 0.396 e. The predicted octanol–water partition coefficient (Wildman–Crippen LogP) is 0.818. The average Bonchev–Trinajstić information content (AvgIpc) is 2.38. The Morgan fingerprint density at radius 3 is 2.33 bits per heavy atom. The molecule has 0 aliphatic heterocycles. The van der Waals surface area contributed by atoms with Gasteiger partial charge in [0, 0.05) is 19.7 Å². The van der Waals surface area contributed by atoms with Crippen LogP contribution in [0.4, 0.5) is 0 Å². The van der Waals surface area contributed by atoms with E-state index in [0.717, 1.165) is 25.7 Å². The second-order valence-corrected chi connectivity index (χ2v) is 4.46. The molecule has 3 N–H and O–H groups in total. The number of unbranched alkanes of at least 4 members (excludes halogenated alkanes) is 1. The molecule has 0 fully saturated rings. The maximum Gasteiger partial charge on any atom is 0.309 e. The fourth-order valence-corrected chi connectivity index (χ4v) is 1.62. The summed E-state index contributed by atoms with van der Waals surface area (Å²) in [6.45, 7) is 5.13. The number of hydrogen-bond acceptors (Lipinski definition) is 3. The van der Waals surface area contributed by atoms with E-state index < -0.39 is 11.8 Å². The Bertz CT molecular complexity index is 244. The van der Waals surface area contributed by atoms with E-state index >= 15 is 0 Å². The molecule has 5 heteroatoms. The van der Waals surface area contributed by atoms with Gasteiger partial charge in [-0.25, -0.2) is 0 Å². The topological polar surface area (TPSA) is 78.4 Å². The van der Waals surface area contributed by atoms with Crippen molar-refractivity contribution in [2.24, 2.45) is 5.92 Å². The average molecular weight is 258 g/mol. The summed E-state index contributed by atoms with van der Waals surface area (Å²) in [6.07, 6.45) is 4.85. The first-order valence-corrected chi connectivity index (χ1v) is 6.82. The molecule has 0 aromatic rings. The van der Waals surface area contributed by atoms with Crippen LogP contribution in [-0.4, -0.2) is 36.6 Å². The molecule has 0 bridgehead atoms. The first-order valence-electron chi connectivity index (χ1n) is 6.82. The van der Waals surface area contributed by atoms with Gasteiger partial charge < -0.3 is 15.7 Å². The SMILES string of the molecule is CCCCC(CC)CNC(=O)C(=O)NCCCO. The van der Waals surface area contributed by atoms with Crippen LogP contribution in [0.25, 0.3) is 0 Å². The van der Waals surface area contributed by atoms with Gasteiger partial charge in [0.2, 0.25) is 0 Å². The summed E-state index contributed by atoms with van der Waals surface area (Å²) < 4.78 is 0. The van der Waals surface area contributed by atoms with Gasteiger partial charge in [-0.05, 0) is 18.8 Å². The van der Waals surface area contributed by atoms with Crippen LogP contribution in [0.2, 0.25) is 0 Å². The van der Waals surface area contributed by atoms with Gasteiger partial charge in [0.25, 0.3) is 0 Å². The van der Waals surface area contributed by atoms with E-state index in [1.807, 2.05) is 0 Å². The predicted molar refractivity (Wildman–Crippen MR) is 71.0 cm³/mol. The van der Waals surface area contributed by atoms with Crippen LogP contribution in [0.3, 0.4) is 0 Å². The van der Waals surface area contributed by atoms with Crippen LogP contribution in [0.5, 0.6) is 0 Å². The molecular formula is C13H26N2O3. The number of rotatable bonds is 9. The highest BCUT2D eigenvalue weighted by molar-refractivity contribution is 6.35. The molecule has 2 amide bonds. The fourth-order valence-electron chi connectivity index (χ4n) is 1.62. The molecule has 0 spiro atoms. The van der Waals surface area contributed by atoms with Crippen LogP contribution in [0.15, 0.2) is 0 Å². The Hall–Kier alpha value is -1.10. The van der Waals surface area contributed by atoms with Gasteiger partial charge in [-0.2, -0.15) is 0 Å². The van der Waals surface area contributed by atoms with Crippen LogP contribution in [-0.2, 0) is 9.59 Å². The minimum absolute atomic E-state index is 0.0107. The van der Waals surface area contributed by atoms with Crippen LogP contribution < -0.4 is 10.6 Å². The maximum absolute atomic E-state index is 11.4. The van der Waals surface area contributed by atoms with Gasteiger partial charge in [-0.1, -0.05) is 33.1 Å². The van der Waals surface area contributed by atoms with Crippen LogP contribution in [0.1, 0.15) is 46.0 Å². The third-order valence-electron chi connectivity index (χ3n) is 2.92. The molecule has 106 valence electrons. The fraction of sp³-hybridized carbons (Fsp3) is 0.846. The monoisotopic (exact) mass is 258 g/mol. The minimum atomic E-state index is -0.617. The van der Waals surface area contributed by atoms with Crippen molar-refractivity contribution in [3.63, 3.8) is 0 Å².